The van der Waals surface area contributed by atoms with Crippen molar-refractivity contribution in [1.29, 1.82) is 0 Å². The van der Waals surface area contributed by atoms with Gasteiger partial charge in [0.2, 0.25) is 0 Å². The van der Waals surface area contributed by atoms with E-state index in [0.717, 1.165) is 17.1 Å². The van der Waals surface area contributed by atoms with Crippen molar-refractivity contribution in [2.24, 2.45) is 0 Å². The van der Waals surface area contributed by atoms with Crippen molar-refractivity contribution in [2.45, 2.75) is 33.7 Å². The second-order valence-corrected chi connectivity index (χ2v) is 5.45. The van der Waals surface area contributed by atoms with Gasteiger partial charge >= 0.3 is 0 Å². The molecule has 2 aromatic rings. The third-order valence-corrected chi connectivity index (χ3v) is 3.54. The zero-order chi connectivity index (χ0) is 14.9. The highest BCUT2D eigenvalue weighted by Crippen LogP contribution is 2.22. The molecule has 1 aromatic heterocycles. The van der Waals surface area contributed by atoms with E-state index in [0.29, 0.717) is 10.6 Å². The summed E-state index contributed by atoms with van der Waals surface area (Å²) in [7, 11) is 0. The molecule has 20 heavy (non-hydrogen) atoms. The van der Waals surface area contributed by atoms with Gasteiger partial charge in [-0.1, -0.05) is 11.6 Å². The zero-order valence-electron chi connectivity index (χ0n) is 12.1. The van der Waals surface area contributed by atoms with Crippen LogP contribution >= 0.6 is 11.6 Å². The topological polar surface area (TPSA) is 46.9 Å². The number of amides is 1. The number of carbonyl (C=O) groups excluding carboxylic acids is 1. The average Bonchev–Trinajstić information content (AvgIpc) is 2.66. The Morgan fingerprint density at radius 3 is 2.30 bits per heavy atom. The fourth-order valence-corrected chi connectivity index (χ4v) is 2.09. The van der Waals surface area contributed by atoms with Gasteiger partial charge in [0.25, 0.3) is 5.91 Å². The third-order valence-electron chi connectivity index (χ3n) is 3.00. The fourth-order valence-electron chi connectivity index (χ4n) is 1.97. The van der Waals surface area contributed by atoms with Crippen molar-refractivity contribution in [2.75, 3.05) is 0 Å². The molecule has 106 valence electrons. The van der Waals surface area contributed by atoms with Crippen molar-refractivity contribution in [3.05, 3.63) is 46.2 Å². The second-order valence-electron chi connectivity index (χ2n) is 5.07. The molecule has 0 atom stereocenters. The smallest absolute Gasteiger partial charge is 0.251 e. The molecule has 0 aliphatic heterocycles. The summed E-state index contributed by atoms with van der Waals surface area (Å²) in [4.78, 5) is 11.9. The first-order chi connectivity index (χ1) is 9.40. The van der Waals surface area contributed by atoms with Gasteiger partial charge in [-0.3, -0.25) is 4.79 Å². The van der Waals surface area contributed by atoms with E-state index in [1.165, 1.54) is 0 Å². The van der Waals surface area contributed by atoms with E-state index in [2.05, 4.69) is 10.4 Å². The molecule has 0 radical (unpaired) electrons. The van der Waals surface area contributed by atoms with Crippen LogP contribution in [0.1, 0.15) is 35.6 Å². The Bertz CT molecular complexity index is 629. The average molecular weight is 292 g/mol. The monoisotopic (exact) mass is 291 g/mol. The van der Waals surface area contributed by atoms with E-state index in [1.807, 2.05) is 39.8 Å². The van der Waals surface area contributed by atoms with E-state index >= 15 is 0 Å². The summed E-state index contributed by atoms with van der Waals surface area (Å²) < 4.78 is 1.78. The highest BCUT2D eigenvalue weighted by molar-refractivity contribution is 6.31. The van der Waals surface area contributed by atoms with Crippen LogP contribution in [0.15, 0.2) is 24.3 Å². The highest BCUT2D eigenvalue weighted by Gasteiger charge is 2.11. The number of rotatable bonds is 3. The van der Waals surface area contributed by atoms with Gasteiger partial charge < -0.3 is 5.32 Å². The number of nitrogens with one attached hydrogen (secondary N) is 1. The van der Waals surface area contributed by atoms with Crippen LogP contribution in [-0.4, -0.2) is 21.7 Å². The quantitative estimate of drug-likeness (QED) is 0.943. The molecule has 4 nitrogen and oxygen atoms in total. The van der Waals surface area contributed by atoms with E-state index in [9.17, 15) is 4.79 Å². The van der Waals surface area contributed by atoms with Crippen LogP contribution in [0.5, 0.6) is 0 Å². The summed E-state index contributed by atoms with van der Waals surface area (Å²) in [6.07, 6.45) is 0. The molecule has 0 aliphatic rings. The number of hydrogen-bond donors (Lipinski definition) is 1. The summed E-state index contributed by atoms with van der Waals surface area (Å²) in [6, 6.07) is 7.43. The maximum atomic E-state index is 11.9. The van der Waals surface area contributed by atoms with E-state index in [-0.39, 0.29) is 11.9 Å². The minimum absolute atomic E-state index is 0.0713. The Kier molecular flexibility index (Phi) is 4.14. The molecule has 0 spiro atoms. The largest absolute Gasteiger partial charge is 0.350 e. The molecular weight excluding hydrogens is 274 g/mol. The van der Waals surface area contributed by atoms with Crippen LogP contribution in [-0.2, 0) is 0 Å². The number of halogens is 1. The first-order valence-corrected chi connectivity index (χ1v) is 6.91. The molecule has 2 rings (SSSR count). The van der Waals surface area contributed by atoms with Gasteiger partial charge in [-0.2, -0.15) is 5.10 Å². The Hall–Kier alpha value is -1.81. The molecule has 0 bridgehead atoms. The lowest BCUT2D eigenvalue weighted by Crippen LogP contribution is -2.30. The Balaban J connectivity index is 2.28. The van der Waals surface area contributed by atoms with Crippen LogP contribution in [0.2, 0.25) is 5.02 Å². The molecule has 5 heteroatoms. The molecule has 0 fully saturated rings. The Morgan fingerprint density at radius 1 is 1.25 bits per heavy atom. The van der Waals surface area contributed by atoms with Crippen LogP contribution in [0, 0.1) is 13.8 Å². The summed E-state index contributed by atoms with van der Waals surface area (Å²) in [6.45, 7) is 7.66. The maximum Gasteiger partial charge on any atom is 0.251 e. The fraction of sp³-hybridized carbons (Fsp3) is 0.333. The van der Waals surface area contributed by atoms with Crippen molar-refractivity contribution in [1.82, 2.24) is 15.1 Å². The van der Waals surface area contributed by atoms with E-state index in [4.69, 9.17) is 11.6 Å². The summed E-state index contributed by atoms with van der Waals surface area (Å²) in [5.74, 6) is -0.0713. The van der Waals surface area contributed by atoms with Crippen LogP contribution < -0.4 is 5.32 Å². The number of carbonyl (C=O) groups is 1. The van der Waals surface area contributed by atoms with Crippen LogP contribution in [0.4, 0.5) is 0 Å². The molecule has 1 amide bonds. The van der Waals surface area contributed by atoms with Crippen LogP contribution in [0.25, 0.3) is 5.69 Å². The number of aromatic nitrogens is 2. The SMILES string of the molecule is Cc1nn(-c2ccc(C(=O)NC(C)C)cc2)c(C)c1Cl. The van der Waals surface area contributed by atoms with Crippen molar-refractivity contribution < 1.29 is 4.79 Å². The molecule has 0 saturated heterocycles. The lowest BCUT2D eigenvalue weighted by atomic mass is 10.2. The summed E-state index contributed by atoms with van der Waals surface area (Å²) in [5.41, 5.74) is 3.21. The van der Waals surface area contributed by atoms with Gasteiger partial charge in [-0.25, -0.2) is 4.68 Å². The minimum Gasteiger partial charge on any atom is -0.350 e. The number of aryl methyl sites for hydroxylation is 1. The van der Waals surface area contributed by atoms with Gasteiger partial charge in [0.05, 0.1) is 22.1 Å². The Morgan fingerprint density at radius 2 is 1.85 bits per heavy atom. The zero-order valence-corrected chi connectivity index (χ0v) is 12.8. The Labute approximate surface area is 123 Å². The molecule has 0 saturated carbocycles. The first-order valence-electron chi connectivity index (χ1n) is 6.53. The van der Waals surface area contributed by atoms with Gasteiger partial charge in [0, 0.05) is 11.6 Å². The van der Waals surface area contributed by atoms with Crippen molar-refractivity contribution >= 4 is 17.5 Å². The number of hydrogen-bond acceptors (Lipinski definition) is 2. The summed E-state index contributed by atoms with van der Waals surface area (Å²) in [5, 5.41) is 7.92. The molecule has 1 N–H and O–H groups in total. The van der Waals surface area contributed by atoms with Crippen LogP contribution in [0.3, 0.4) is 0 Å². The van der Waals surface area contributed by atoms with Gasteiger partial charge in [0.15, 0.2) is 0 Å². The standard InChI is InChI=1S/C15H18ClN3O/c1-9(2)17-15(20)12-5-7-13(8-6-12)19-11(4)14(16)10(3)18-19/h5-9H,1-4H3,(H,17,20). The van der Waals surface area contributed by atoms with Gasteiger partial charge in [0.1, 0.15) is 0 Å². The maximum absolute atomic E-state index is 11.9. The molecule has 1 aromatic carbocycles. The molecular formula is C15H18ClN3O. The van der Waals surface area contributed by atoms with Crippen molar-refractivity contribution in [3.8, 4) is 5.69 Å². The molecule has 1 heterocycles. The van der Waals surface area contributed by atoms with Gasteiger partial charge in [-0.05, 0) is 52.0 Å². The minimum atomic E-state index is -0.0713. The first kappa shape index (κ1) is 14.6. The van der Waals surface area contributed by atoms with Crippen molar-refractivity contribution in [3.63, 3.8) is 0 Å². The predicted octanol–water partition coefficient (Wildman–Crippen LogP) is 3.28. The van der Waals surface area contributed by atoms with Gasteiger partial charge in [-0.15, -0.1) is 0 Å². The lowest BCUT2D eigenvalue weighted by molar-refractivity contribution is 0.0943. The predicted molar refractivity (Wildman–Crippen MR) is 80.7 cm³/mol. The summed E-state index contributed by atoms with van der Waals surface area (Å²) >= 11 is 6.14. The molecule has 0 unspecified atom stereocenters. The third kappa shape index (κ3) is 2.85. The van der Waals surface area contributed by atoms with E-state index < -0.39 is 0 Å². The van der Waals surface area contributed by atoms with E-state index in [1.54, 1.807) is 16.8 Å². The lowest BCUT2D eigenvalue weighted by Gasteiger charge is -2.09. The second kappa shape index (κ2) is 5.67. The number of benzene rings is 1. The molecule has 0 aliphatic carbocycles. The number of nitrogens with zero attached hydrogens (tertiary/aromatic N) is 2. The highest BCUT2D eigenvalue weighted by atomic mass is 35.5. The normalized spacial score (nSPS) is 10.9.